The second-order valence-electron chi connectivity index (χ2n) is 6.47. The molecule has 1 aromatic rings. The van der Waals surface area contributed by atoms with E-state index in [0.717, 1.165) is 10.7 Å². The highest BCUT2D eigenvalue weighted by molar-refractivity contribution is 7.90. The van der Waals surface area contributed by atoms with Gasteiger partial charge in [0.25, 0.3) is 0 Å². The van der Waals surface area contributed by atoms with Gasteiger partial charge in [-0.15, -0.1) is 0 Å². The molecule has 0 bridgehead atoms. The van der Waals surface area contributed by atoms with Crippen LogP contribution in [0.2, 0.25) is 0 Å². The van der Waals surface area contributed by atoms with Crippen molar-refractivity contribution >= 4 is 21.8 Å². The van der Waals surface area contributed by atoms with Crippen LogP contribution in [0.1, 0.15) is 33.1 Å². The van der Waals surface area contributed by atoms with Crippen molar-refractivity contribution in [2.75, 3.05) is 24.4 Å². The number of benzene rings is 1. The molecule has 2 unspecified atom stereocenters. The van der Waals surface area contributed by atoms with Gasteiger partial charge in [0.1, 0.15) is 5.82 Å². The molecule has 0 aromatic heterocycles. The summed E-state index contributed by atoms with van der Waals surface area (Å²) in [5, 5.41) is 2.92. The molecule has 0 spiro atoms. The number of hydrogen-bond donors (Lipinski definition) is 1. The number of hydrogen-bond acceptors (Lipinski definition) is 3. The van der Waals surface area contributed by atoms with Gasteiger partial charge in [0.15, 0.2) is 0 Å². The number of rotatable bonds is 6. The van der Waals surface area contributed by atoms with Crippen LogP contribution in [0.4, 0.5) is 10.1 Å². The normalized spacial score (nSPS) is 20.1. The van der Waals surface area contributed by atoms with Crippen LogP contribution in [-0.4, -0.2) is 44.8 Å². The van der Waals surface area contributed by atoms with Gasteiger partial charge in [0.05, 0.1) is 11.6 Å². The number of carbonyl (C=O) groups is 1. The molecule has 2 rings (SSSR count). The number of piperidine rings is 1. The van der Waals surface area contributed by atoms with Crippen molar-refractivity contribution in [3.63, 3.8) is 0 Å². The Hall–Kier alpha value is -1.67. The molecule has 8 heteroatoms. The molecule has 0 saturated carbocycles. The summed E-state index contributed by atoms with van der Waals surface area (Å²) in [7, 11) is -2.33. The maximum atomic E-state index is 13.1. The Morgan fingerprint density at radius 2 is 2.04 bits per heavy atom. The van der Waals surface area contributed by atoms with Gasteiger partial charge in [-0.05, 0) is 50.5 Å². The Balaban J connectivity index is 2.10. The van der Waals surface area contributed by atoms with Crippen LogP contribution in [0.25, 0.3) is 0 Å². The van der Waals surface area contributed by atoms with E-state index in [4.69, 9.17) is 0 Å². The van der Waals surface area contributed by atoms with Gasteiger partial charge < -0.3 is 5.32 Å². The fourth-order valence-electron chi connectivity index (χ4n) is 2.79. The minimum atomic E-state index is -3.76. The van der Waals surface area contributed by atoms with Crippen LogP contribution in [0.5, 0.6) is 0 Å². The van der Waals surface area contributed by atoms with Crippen molar-refractivity contribution in [3.05, 3.63) is 30.1 Å². The van der Waals surface area contributed by atoms with E-state index in [1.807, 2.05) is 13.8 Å². The summed E-state index contributed by atoms with van der Waals surface area (Å²) in [5.41, 5.74) is 0.382. The zero-order valence-electron chi connectivity index (χ0n) is 14.9. The van der Waals surface area contributed by atoms with Gasteiger partial charge in [0.2, 0.25) is 5.91 Å². The van der Waals surface area contributed by atoms with Crippen molar-refractivity contribution in [3.8, 4) is 0 Å². The topological polar surface area (TPSA) is 69.7 Å². The quantitative estimate of drug-likeness (QED) is 0.833. The first-order valence-electron chi connectivity index (χ1n) is 8.55. The Morgan fingerprint density at radius 1 is 1.40 bits per heavy atom. The minimum Gasteiger partial charge on any atom is -0.353 e. The van der Waals surface area contributed by atoms with Gasteiger partial charge in [-0.3, -0.25) is 9.10 Å². The second kappa shape index (κ2) is 8.14. The van der Waals surface area contributed by atoms with E-state index in [-0.39, 0.29) is 24.4 Å². The molecule has 0 radical (unpaired) electrons. The lowest BCUT2D eigenvalue weighted by atomic mass is 9.98. The number of amides is 1. The first kappa shape index (κ1) is 19.7. The molecular formula is C17H26FN3O3S. The van der Waals surface area contributed by atoms with Crippen LogP contribution in [0.15, 0.2) is 24.3 Å². The Labute approximate surface area is 149 Å². The minimum absolute atomic E-state index is 0.0707. The standard InChI is InChI=1S/C17H26FN3O3S/c1-4-13(2)19-17(22)14-6-5-11-21(12-14)25(23,24)20(3)16-9-7-15(18)8-10-16/h7-10,13-14H,4-6,11-12H2,1-3H3,(H,19,22). The van der Waals surface area contributed by atoms with E-state index in [1.165, 1.54) is 35.6 Å². The molecule has 2 atom stereocenters. The van der Waals surface area contributed by atoms with Crippen molar-refractivity contribution in [2.45, 2.75) is 39.2 Å². The SMILES string of the molecule is CCC(C)NC(=O)C1CCCN(S(=O)(=O)N(C)c2ccc(F)cc2)C1. The van der Waals surface area contributed by atoms with E-state index < -0.39 is 16.0 Å². The van der Waals surface area contributed by atoms with Gasteiger partial charge >= 0.3 is 10.2 Å². The number of nitrogens with one attached hydrogen (secondary N) is 1. The number of anilines is 1. The summed E-state index contributed by atoms with van der Waals surface area (Å²) >= 11 is 0. The molecule has 140 valence electrons. The van der Waals surface area contributed by atoms with E-state index in [9.17, 15) is 17.6 Å². The molecule has 1 fully saturated rings. The molecule has 1 amide bonds. The fourth-order valence-corrected chi connectivity index (χ4v) is 4.25. The monoisotopic (exact) mass is 371 g/mol. The molecule has 1 heterocycles. The molecule has 0 aliphatic carbocycles. The third kappa shape index (κ3) is 4.70. The largest absolute Gasteiger partial charge is 0.353 e. The van der Waals surface area contributed by atoms with E-state index in [1.54, 1.807) is 0 Å². The van der Waals surface area contributed by atoms with Gasteiger partial charge in [-0.1, -0.05) is 6.92 Å². The highest BCUT2D eigenvalue weighted by Gasteiger charge is 2.35. The second-order valence-corrected chi connectivity index (χ2v) is 8.43. The third-order valence-corrected chi connectivity index (χ3v) is 6.51. The molecule has 1 aromatic carbocycles. The van der Waals surface area contributed by atoms with Gasteiger partial charge in [0, 0.05) is 26.2 Å². The molecule has 6 nitrogen and oxygen atoms in total. The molecule has 25 heavy (non-hydrogen) atoms. The van der Waals surface area contributed by atoms with E-state index >= 15 is 0 Å². The Morgan fingerprint density at radius 3 is 2.64 bits per heavy atom. The highest BCUT2D eigenvalue weighted by Crippen LogP contribution is 2.24. The number of halogens is 1. The molecule has 1 N–H and O–H groups in total. The zero-order valence-corrected chi connectivity index (χ0v) is 15.7. The summed E-state index contributed by atoms with van der Waals surface area (Å²) in [6.45, 7) is 4.45. The zero-order chi connectivity index (χ0) is 18.6. The predicted molar refractivity (Wildman–Crippen MR) is 95.9 cm³/mol. The van der Waals surface area contributed by atoms with Gasteiger partial charge in [-0.25, -0.2) is 4.39 Å². The predicted octanol–water partition coefficient (Wildman–Crippen LogP) is 2.13. The Kier molecular flexibility index (Phi) is 6.40. The number of carbonyl (C=O) groups excluding carboxylic acids is 1. The number of nitrogens with zero attached hydrogens (tertiary/aromatic N) is 2. The van der Waals surface area contributed by atoms with E-state index in [0.29, 0.717) is 25.1 Å². The average Bonchev–Trinajstić information content (AvgIpc) is 2.61. The molecule has 1 saturated heterocycles. The van der Waals surface area contributed by atoms with Crippen molar-refractivity contribution < 1.29 is 17.6 Å². The average molecular weight is 371 g/mol. The van der Waals surface area contributed by atoms with Crippen LogP contribution in [-0.2, 0) is 15.0 Å². The third-order valence-electron chi connectivity index (χ3n) is 4.62. The maximum Gasteiger partial charge on any atom is 0.303 e. The van der Waals surface area contributed by atoms with Crippen LogP contribution in [0, 0.1) is 11.7 Å². The Bertz CT molecular complexity index is 694. The van der Waals surface area contributed by atoms with Gasteiger partial charge in [-0.2, -0.15) is 12.7 Å². The summed E-state index contributed by atoms with van der Waals surface area (Å²) in [6.07, 6.45) is 2.14. The van der Waals surface area contributed by atoms with Crippen molar-refractivity contribution in [1.29, 1.82) is 0 Å². The van der Waals surface area contributed by atoms with E-state index in [2.05, 4.69) is 5.32 Å². The fraction of sp³-hybridized carbons (Fsp3) is 0.588. The van der Waals surface area contributed by atoms with Crippen molar-refractivity contribution in [1.82, 2.24) is 9.62 Å². The smallest absolute Gasteiger partial charge is 0.303 e. The highest BCUT2D eigenvalue weighted by atomic mass is 32.2. The van der Waals surface area contributed by atoms with Crippen molar-refractivity contribution in [2.24, 2.45) is 5.92 Å². The molecule has 1 aliphatic rings. The maximum absolute atomic E-state index is 13.1. The molecular weight excluding hydrogens is 345 g/mol. The summed E-state index contributed by atoms with van der Waals surface area (Å²) in [4.78, 5) is 12.3. The van der Waals surface area contributed by atoms with Crippen LogP contribution >= 0.6 is 0 Å². The first-order valence-corrected chi connectivity index (χ1v) is 9.95. The summed E-state index contributed by atoms with van der Waals surface area (Å²) in [5.74, 6) is -0.868. The summed E-state index contributed by atoms with van der Waals surface area (Å²) in [6, 6.07) is 5.36. The lowest BCUT2D eigenvalue weighted by Crippen LogP contribution is -2.50. The first-order chi connectivity index (χ1) is 11.8. The molecule has 1 aliphatic heterocycles. The lowest BCUT2D eigenvalue weighted by molar-refractivity contribution is -0.126. The lowest BCUT2D eigenvalue weighted by Gasteiger charge is -2.34. The van der Waals surface area contributed by atoms with Crippen LogP contribution in [0.3, 0.4) is 0 Å². The van der Waals surface area contributed by atoms with Crippen LogP contribution < -0.4 is 9.62 Å². The summed E-state index contributed by atoms with van der Waals surface area (Å²) < 4.78 is 41.2.